The van der Waals surface area contributed by atoms with Crippen LogP contribution in [0.25, 0.3) is 0 Å². The molecule has 0 saturated heterocycles. The molecule has 2 atom stereocenters. The number of hydrogen-bond donors (Lipinski definition) is 2. The highest BCUT2D eigenvalue weighted by Crippen LogP contribution is 2.28. The molecule has 0 bridgehead atoms. The van der Waals surface area contributed by atoms with Crippen molar-refractivity contribution in [2.45, 2.75) is 38.3 Å². The summed E-state index contributed by atoms with van der Waals surface area (Å²) in [7, 11) is 0. The maximum absolute atomic E-state index is 10.8. The molecule has 0 fully saturated rings. The summed E-state index contributed by atoms with van der Waals surface area (Å²) < 4.78 is 5.60. The fraction of sp³-hybridized carbons (Fsp3) is 0.429. The van der Waals surface area contributed by atoms with Gasteiger partial charge >= 0.3 is 0 Å². The second kappa shape index (κ2) is 11.0. The Hall–Kier alpha value is -1.68. The number of hydrogen-bond acceptors (Lipinski definition) is 3. The van der Waals surface area contributed by atoms with Crippen LogP contribution in [0.5, 0.6) is 0 Å². The van der Waals surface area contributed by atoms with Gasteiger partial charge in [-0.2, -0.15) is 0 Å². The monoisotopic (exact) mass is 327 g/mol. The van der Waals surface area contributed by atoms with Crippen molar-refractivity contribution in [1.82, 2.24) is 5.32 Å². The summed E-state index contributed by atoms with van der Waals surface area (Å²) in [5.74, 6) is 0. The van der Waals surface area contributed by atoms with Crippen LogP contribution in [0.1, 0.15) is 49.5 Å². The van der Waals surface area contributed by atoms with E-state index in [2.05, 4.69) is 24.4 Å². The zero-order valence-electron chi connectivity index (χ0n) is 14.5. The number of aliphatic hydroxyl groups is 1. The van der Waals surface area contributed by atoms with E-state index in [1.54, 1.807) is 0 Å². The Kier molecular flexibility index (Phi) is 8.53. The highest BCUT2D eigenvalue weighted by Gasteiger charge is 2.21. The molecule has 0 aromatic heterocycles. The minimum atomic E-state index is -0.574. The van der Waals surface area contributed by atoms with Gasteiger partial charge in [0.2, 0.25) is 0 Å². The van der Waals surface area contributed by atoms with Crippen molar-refractivity contribution in [1.29, 1.82) is 0 Å². The summed E-state index contributed by atoms with van der Waals surface area (Å²) in [4.78, 5) is 0. The number of ether oxygens (including phenoxy) is 1. The molecular formula is C21H29NO2. The molecule has 3 heteroatoms. The summed E-state index contributed by atoms with van der Waals surface area (Å²) in [5.41, 5.74) is 2.03. The van der Waals surface area contributed by atoms with Crippen molar-refractivity contribution in [2.24, 2.45) is 0 Å². The Morgan fingerprint density at radius 3 is 2.08 bits per heavy atom. The molecule has 0 saturated carbocycles. The van der Waals surface area contributed by atoms with E-state index in [0.29, 0.717) is 0 Å². The summed E-state index contributed by atoms with van der Waals surface area (Å²) in [6, 6.07) is 19.8. The number of benzene rings is 2. The van der Waals surface area contributed by atoms with E-state index in [0.717, 1.165) is 50.1 Å². The third-order valence-electron chi connectivity index (χ3n) is 4.09. The van der Waals surface area contributed by atoms with Crippen molar-refractivity contribution < 1.29 is 9.84 Å². The van der Waals surface area contributed by atoms with Gasteiger partial charge in [0.05, 0.1) is 12.1 Å². The van der Waals surface area contributed by atoms with Gasteiger partial charge < -0.3 is 15.2 Å². The average Bonchev–Trinajstić information content (AvgIpc) is 2.65. The fourth-order valence-corrected chi connectivity index (χ4v) is 2.70. The fourth-order valence-electron chi connectivity index (χ4n) is 2.70. The van der Waals surface area contributed by atoms with E-state index in [9.17, 15) is 5.11 Å². The number of aliphatic hydroxyl groups excluding tert-OH is 1. The average molecular weight is 327 g/mol. The van der Waals surface area contributed by atoms with Crippen LogP contribution in [0, 0.1) is 0 Å². The quantitative estimate of drug-likeness (QED) is 0.606. The van der Waals surface area contributed by atoms with Crippen molar-refractivity contribution in [3.8, 4) is 0 Å². The van der Waals surface area contributed by atoms with Crippen LogP contribution in [0.4, 0.5) is 0 Å². The van der Waals surface area contributed by atoms with Crippen LogP contribution in [-0.4, -0.2) is 24.9 Å². The molecule has 0 aliphatic carbocycles. The predicted octanol–water partition coefficient (Wildman–Crippen LogP) is 4.26. The predicted molar refractivity (Wildman–Crippen MR) is 98.9 cm³/mol. The maximum atomic E-state index is 10.8. The summed E-state index contributed by atoms with van der Waals surface area (Å²) in [6.45, 7) is 4.58. The lowest BCUT2D eigenvalue weighted by Gasteiger charge is -2.25. The zero-order valence-corrected chi connectivity index (χ0v) is 14.5. The van der Waals surface area contributed by atoms with Crippen LogP contribution in [0.15, 0.2) is 60.7 Å². The highest BCUT2D eigenvalue weighted by atomic mass is 16.5. The van der Waals surface area contributed by atoms with Crippen molar-refractivity contribution in [3.63, 3.8) is 0 Å². The van der Waals surface area contributed by atoms with Gasteiger partial charge in [0.15, 0.2) is 0 Å². The van der Waals surface area contributed by atoms with Gasteiger partial charge in [-0.3, -0.25) is 0 Å². The SMILES string of the molecule is CCCCOCCCNC(c1ccccc1)C(O)c1ccccc1. The normalized spacial score (nSPS) is 13.6. The molecule has 0 amide bonds. The number of nitrogens with one attached hydrogen (secondary N) is 1. The topological polar surface area (TPSA) is 41.5 Å². The lowest BCUT2D eigenvalue weighted by Crippen LogP contribution is -2.28. The molecule has 2 rings (SSSR count). The molecule has 0 spiro atoms. The maximum Gasteiger partial charge on any atom is 0.0984 e. The van der Waals surface area contributed by atoms with Gasteiger partial charge in [0, 0.05) is 13.2 Å². The molecule has 0 aliphatic heterocycles. The number of unbranched alkanes of at least 4 members (excludes halogenated alkanes) is 1. The molecule has 2 aromatic rings. The van der Waals surface area contributed by atoms with Crippen LogP contribution in [-0.2, 0) is 4.74 Å². The molecular weight excluding hydrogens is 298 g/mol. The second-order valence-corrected chi connectivity index (χ2v) is 6.02. The summed E-state index contributed by atoms with van der Waals surface area (Å²) >= 11 is 0. The molecule has 2 unspecified atom stereocenters. The largest absolute Gasteiger partial charge is 0.386 e. The highest BCUT2D eigenvalue weighted by molar-refractivity contribution is 5.26. The van der Waals surface area contributed by atoms with E-state index in [1.807, 2.05) is 48.5 Å². The summed E-state index contributed by atoms with van der Waals surface area (Å²) in [5, 5.41) is 14.3. The Bertz CT molecular complexity index is 544. The molecule has 0 aliphatic rings. The summed E-state index contributed by atoms with van der Waals surface area (Å²) in [6.07, 6.45) is 2.65. The molecule has 2 aromatic carbocycles. The molecule has 3 nitrogen and oxygen atoms in total. The van der Waals surface area contributed by atoms with Crippen molar-refractivity contribution in [2.75, 3.05) is 19.8 Å². The van der Waals surface area contributed by atoms with E-state index < -0.39 is 6.10 Å². The van der Waals surface area contributed by atoms with E-state index in [1.165, 1.54) is 0 Å². The third-order valence-corrected chi connectivity index (χ3v) is 4.09. The van der Waals surface area contributed by atoms with E-state index in [-0.39, 0.29) is 6.04 Å². The smallest absolute Gasteiger partial charge is 0.0984 e. The van der Waals surface area contributed by atoms with Crippen LogP contribution in [0.2, 0.25) is 0 Å². The minimum absolute atomic E-state index is 0.121. The van der Waals surface area contributed by atoms with Gasteiger partial charge in [-0.05, 0) is 30.5 Å². The number of rotatable bonds is 11. The first-order valence-electron chi connectivity index (χ1n) is 8.92. The van der Waals surface area contributed by atoms with Crippen LogP contribution in [0.3, 0.4) is 0 Å². The molecule has 2 N–H and O–H groups in total. The lowest BCUT2D eigenvalue weighted by molar-refractivity contribution is 0.114. The molecule has 130 valence electrons. The standard InChI is InChI=1S/C21H29NO2/c1-2-3-16-24-17-10-15-22-20(18-11-6-4-7-12-18)21(23)19-13-8-5-9-14-19/h4-9,11-14,20-23H,2-3,10,15-17H2,1H3. The van der Waals surface area contributed by atoms with E-state index in [4.69, 9.17) is 4.74 Å². The first kappa shape index (κ1) is 18.7. The minimum Gasteiger partial charge on any atom is -0.386 e. The Labute approximate surface area is 145 Å². The lowest BCUT2D eigenvalue weighted by atomic mass is 9.95. The van der Waals surface area contributed by atoms with Gasteiger partial charge in [-0.25, -0.2) is 0 Å². The van der Waals surface area contributed by atoms with Crippen LogP contribution >= 0.6 is 0 Å². The Balaban J connectivity index is 1.92. The van der Waals surface area contributed by atoms with Crippen LogP contribution < -0.4 is 5.32 Å². The third kappa shape index (κ3) is 6.08. The Morgan fingerprint density at radius 1 is 0.875 bits per heavy atom. The van der Waals surface area contributed by atoms with Gasteiger partial charge in [-0.15, -0.1) is 0 Å². The van der Waals surface area contributed by atoms with E-state index >= 15 is 0 Å². The van der Waals surface area contributed by atoms with Gasteiger partial charge in [0.1, 0.15) is 0 Å². The first-order valence-corrected chi connectivity index (χ1v) is 8.92. The van der Waals surface area contributed by atoms with Crippen molar-refractivity contribution >= 4 is 0 Å². The molecule has 24 heavy (non-hydrogen) atoms. The second-order valence-electron chi connectivity index (χ2n) is 6.02. The molecule has 0 radical (unpaired) electrons. The Morgan fingerprint density at radius 2 is 1.46 bits per heavy atom. The van der Waals surface area contributed by atoms with Gasteiger partial charge in [0.25, 0.3) is 0 Å². The van der Waals surface area contributed by atoms with Crippen molar-refractivity contribution in [3.05, 3.63) is 71.8 Å². The zero-order chi connectivity index (χ0) is 17.0. The van der Waals surface area contributed by atoms with Gasteiger partial charge in [-0.1, -0.05) is 74.0 Å². The molecule has 0 heterocycles. The first-order chi connectivity index (χ1) is 11.8.